The Hall–Kier alpha value is -2.19. The normalized spacial score (nSPS) is 13.1. The van der Waals surface area contributed by atoms with Gasteiger partial charge in [0.25, 0.3) is 0 Å². The van der Waals surface area contributed by atoms with Crippen molar-refractivity contribution in [2.45, 2.75) is 18.9 Å². The van der Waals surface area contributed by atoms with E-state index in [1.807, 2.05) is 4.72 Å². The number of carboxylic acid groups (broad SMARTS) is 1. The Labute approximate surface area is 122 Å². The summed E-state index contributed by atoms with van der Waals surface area (Å²) < 4.78 is 25.6. The number of amides is 1. The van der Waals surface area contributed by atoms with Crippen LogP contribution in [0.1, 0.15) is 18.4 Å². The molecule has 4 N–H and O–H groups in total. The van der Waals surface area contributed by atoms with Crippen molar-refractivity contribution in [2.75, 3.05) is 0 Å². The monoisotopic (exact) mass is 312 g/mol. The fraction of sp³-hybridized carbons (Fsp3) is 0.231. The van der Waals surface area contributed by atoms with E-state index in [0.29, 0.717) is 5.56 Å². The van der Waals surface area contributed by atoms with Crippen LogP contribution in [0.25, 0.3) is 6.08 Å². The van der Waals surface area contributed by atoms with Gasteiger partial charge in [-0.25, -0.2) is 8.42 Å². The van der Waals surface area contributed by atoms with Crippen LogP contribution in [0.15, 0.2) is 35.7 Å². The predicted molar refractivity (Wildman–Crippen MR) is 77.4 cm³/mol. The molecule has 1 amide bonds. The molecule has 0 heterocycles. The average molecular weight is 312 g/mol. The molecule has 0 aliphatic carbocycles. The molecule has 7 nitrogen and oxygen atoms in total. The second-order valence-corrected chi connectivity index (χ2v) is 5.87. The topological polar surface area (TPSA) is 127 Å². The zero-order chi connectivity index (χ0) is 15.9. The second kappa shape index (κ2) is 7.55. The SMILES string of the molecule is NC(=O)CCC(NS(=O)(=O)/C=C/c1ccccc1)C(=O)O. The van der Waals surface area contributed by atoms with Crippen LogP contribution in [-0.4, -0.2) is 31.4 Å². The summed E-state index contributed by atoms with van der Waals surface area (Å²) in [4.78, 5) is 21.6. The summed E-state index contributed by atoms with van der Waals surface area (Å²) in [5.41, 5.74) is 5.58. The molecule has 0 bridgehead atoms. The van der Waals surface area contributed by atoms with Crippen molar-refractivity contribution in [1.82, 2.24) is 4.72 Å². The van der Waals surface area contributed by atoms with Gasteiger partial charge in [0.2, 0.25) is 15.9 Å². The van der Waals surface area contributed by atoms with Gasteiger partial charge in [-0.15, -0.1) is 0 Å². The molecular formula is C13H16N2O5S. The summed E-state index contributed by atoms with van der Waals surface area (Å²) >= 11 is 0. The second-order valence-electron chi connectivity index (χ2n) is 4.27. The van der Waals surface area contributed by atoms with Gasteiger partial charge in [-0.3, -0.25) is 9.59 Å². The summed E-state index contributed by atoms with van der Waals surface area (Å²) in [6.45, 7) is 0. The van der Waals surface area contributed by atoms with E-state index in [0.717, 1.165) is 5.41 Å². The summed E-state index contributed by atoms with van der Waals surface area (Å²) in [6, 6.07) is 7.28. The van der Waals surface area contributed by atoms with Crippen LogP contribution in [0.5, 0.6) is 0 Å². The zero-order valence-corrected chi connectivity index (χ0v) is 11.9. The van der Waals surface area contributed by atoms with Crippen molar-refractivity contribution in [3.63, 3.8) is 0 Å². The van der Waals surface area contributed by atoms with Crippen molar-refractivity contribution in [2.24, 2.45) is 5.73 Å². The van der Waals surface area contributed by atoms with Crippen LogP contribution in [0.4, 0.5) is 0 Å². The van der Waals surface area contributed by atoms with Crippen molar-refractivity contribution < 1.29 is 23.1 Å². The van der Waals surface area contributed by atoms with Gasteiger partial charge in [-0.2, -0.15) is 4.72 Å². The number of benzene rings is 1. The molecule has 8 heteroatoms. The van der Waals surface area contributed by atoms with Gasteiger partial charge in [0.1, 0.15) is 6.04 Å². The minimum atomic E-state index is -3.94. The Bertz CT molecular complexity index is 625. The minimum Gasteiger partial charge on any atom is -0.480 e. The van der Waals surface area contributed by atoms with Crippen molar-refractivity contribution in [1.29, 1.82) is 0 Å². The van der Waals surface area contributed by atoms with Gasteiger partial charge in [0.05, 0.1) is 0 Å². The molecule has 114 valence electrons. The molecule has 1 aromatic carbocycles. The molecule has 0 aliphatic heterocycles. The number of nitrogens with one attached hydrogen (secondary N) is 1. The van der Waals surface area contributed by atoms with Crippen molar-refractivity contribution in [3.8, 4) is 0 Å². The molecule has 0 saturated heterocycles. The van der Waals surface area contributed by atoms with E-state index in [1.54, 1.807) is 30.3 Å². The summed E-state index contributed by atoms with van der Waals surface area (Å²) in [5.74, 6) is -2.06. The maximum absolute atomic E-state index is 11.8. The van der Waals surface area contributed by atoms with Crippen LogP contribution in [-0.2, 0) is 19.6 Å². The van der Waals surface area contributed by atoms with E-state index in [-0.39, 0.29) is 12.8 Å². The molecule has 1 aromatic rings. The number of carbonyl (C=O) groups excluding carboxylic acids is 1. The lowest BCUT2D eigenvalue weighted by Gasteiger charge is -2.11. The van der Waals surface area contributed by atoms with E-state index in [1.165, 1.54) is 6.08 Å². The highest BCUT2D eigenvalue weighted by Gasteiger charge is 2.22. The lowest BCUT2D eigenvalue weighted by atomic mass is 10.2. The van der Waals surface area contributed by atoms with Gasteiger partial charge in [0, 0.05) is 11.8 Å². The Balaban J connectivity index is 2.74. The minimum absolute atomic E-state index is 0.205. The summed E-state index contributed by atoms with van der Waals surface area (Å²) in [5, 5.41) is 9.81. The molecule has 0 fully saturated rings. The summed E-state index contributed by atoms with van der Waals surface area (Å²) in [6.07, 6.45) is 0.917. The standard InChI is InChI=1S/C13H16N2O5S/c14-12(16)7-6-11(13(17)18)15-21(19,20)9-8-10-4-2-1-3-5-10/h1-5,8-9,11,15H,6-7H2,(H2,14,16)(H,17,18)/b9-8+. The number of hydrogen-bond acceptors (Lipinski definition) is 4. The highest BCUT2D eigenvalue weighted by molar-refractivity contribution is 7.92. The predicted octanol–water partition coefficient (Wildman–Crippen LogP) is 0.295. The summed E-state index contributed by atoms with van der Waals surface area (Å²) in [7, 11) is -3.94. The lowest BCUT2D eigenvalue weighted by Crippen LogP contribution is -2.40. The molecule has 0 spiro atoms. The molecule has 0 radical (unpaired) electrons. The van der Waals surface area contributed by atoms with Gasteiger partial charge in [0.15, 0.2) is 0 Å². The highest BCUT2D eigenvalue weighted by Crippen LogP contribution is 2.05. The van der Waals surface area contributed by atoms with Crippen LogP contribution >= 0.6 is 0 Å². The number of carboxylic acids is 1. The fourth-order valence-corrected chi connectivity index (χ4v) is 2.52. The third-order valence-corrected chi connectivity index (χ3v) is 3.63. The molecule has 1 unspecified atom stereocenters. The van der Waals surface area contributed by atoms with E-state index in [9.17, 15) is 18.0 Å². The van der Waals surface area contributed by atoms with Gasteiger partial charge in [-0.05, 0) is 18.1 Å². The van der Waals surface area contributed by atoms with Gasteiger partial charge >= 0.3 is 5.97 Å². The number of nitrogens with two attached hydrogens (primary N) is 1. The van der Waals surface area contributed by atoms with Gasteiger partial charge < -0.3 is 10.8 Å². The smallest absolute Gasteiger partial charge is 0.321 e. The number of rotatable bonds is 8. The Kier molecular flexibility index (Phi) is 6.07. The third-order valence-electron chi connectivity index (χ3n) is 2.52. The Morgan fingerprint density at radius 3 is 2.43 bits per heavy atom. The highest BCUT2D eigenvalue weighted by atomic mass is 32.2. The first kappa shape index (κ1) is 16.9. The van der Waals surface area contributed by atoms with E-state index in [2.05, 4.69) is 0 Å². The average Bonchev–Trinajstić information content (AvgIpc) is 2.42. The first-order chi connectivity index (χ1) is 9.80. The lowest BCUT2D eigenvalue weighted by molar-refractivity contribution is -0.139. The maximum Gasteiger partial charge on any atom is 0.321 e. The number of primary amides is 1. The molecule has 0 aromatic heterocycles. The molecular weight excluding hydrogens is 296 g/mol. The first-order valence-electron chi connectivity index (χ1n) is 6.07. The van der Waals surface area contributed by atoms with Crippen molar-refractivity contribution >= 4 is 28.0 Å². The molecule has 0 saturated carbocycles. The molecule has 1 atom stereocenters. The van der Waals surface area contributed by atoms with Crippen LogP contribution < -0.4 is 10.5 Å². The third kappa shape index (κ3) is 6.68. The first-order valence-corrected chi connectivity index (χ1v) is 7.61. The maximum atomic E-state index is 11.8. The quantitative estimate of drug-likeness (QED) is 0.636. The Morgan fingerprint density at radius 1 is 1.29 bits per heavy atom. The van der Waals surface area contributed by atoms with E-state index >= 15 is 0 Å². The number of hydrogen-bond donors (Lipinski definition) is 3. The molecule has 1 rings (SSSR count). The molecule has 21 heavy (non-hydrogen) atoms. The van der Waals surface area contributed by atoms with Crippen LogP contribution in [0.3, 0.4) is 0 Å². The van der Waals surface area contributed by atoms with Crippen LogP contribution in [0, 0.1) is 0 Å². The van der Waals surface area contributed by atoms with E-state index in [4.69, 9.17) is 10.8 Å². The van der Waals surface area contributed by atoms with Crippen LogP contribution in [0.2, 0.25) is 0 Å². The largest absolute Gasteiger partial charge is 0.480 e. The van der Waals surface area contributed by atoms with E-state index < -0.39 is 27.9 Å². The number of sulfonamides is 1. The van der Waals surface area contributed by atoms with Crippen molar-refractivity contribution in [3.05, 3.63) is 41.3 Å². The molecule has 0 aliphatic rings. The number of carbonyl (C=O) groups is 2. The Morgan fingerprint density at radius 2 is 1.90 bits per heavy atom. The zero-order valence-electron chi connectivity index (χ0n) is 11.1. The number of aliphatic carboxylic acids is 1. The van der Waals surface area contributed by atoms with Gasteiger partial charge in [-0.1, -0.05) is 30.3 Å². The fourth-order valence-electron chi connectivity index (χ4n) is 1.49.